The first-order valence-electron chi connectivity index (χ1n) is 6.35. The van der Waals surface area contributed by atoms with E-state index in [9.17, 15) is 4.79 Å². The lowest BCUT2D eigenvalue weighted by Gasteiger charge is -2.09. The molecule has 0 bridgehead atoms. The summed E-state index contributed by atoms with van der Waals surface area (Å²) < 4.78 is 0. The van der Waals surface area contributed by atoms with Crippen LogP contribution in [-0.2, 0) is 4.79 Å². The number of nitrogens with one attached hydrogen (secondary N) is 1. The van der Waals surface area contributed by atoms with E-state index in [0.717, 1.165) is 22.7 Å². The van der Waals surface area contributed by atoms with Crippen molar-refractivity contribution in [2.45, 2.75) is 12.3 Å². The molecule has 1 N–H and O–H groups in total. The molecular formula is C16H14ClNO. The fraction of sp³-hybridized carbons (Fsp3) is 0.188. The maximum absolute atomic E-state index is 11.2. The third-order valence-electron chi connectivity index (χ3n) is 3.52. The topological polar surface area (TPSA) is 29.1 Å². The smallest absolute Gasteiger partial charge is 0.220 e. The molecule has 1 heterocycles. The minimum Gasteiger partial charge on any atom is -0.355 e. The molecular weight excluding hydrogens is 258 g/mol. The summed E-state index contributed by atoms with van der Waals surface area (Å²) in [6, 6.07) is 16.2. The van der Waals surface area contributed by atoms with Crippen LogP contribution < -0.4 is 5.32 Å². The van der Waals surface area contributed by atoms with Crippen molar-refractivity contribution in [3.05, 3.63) is 59.1 Å². The summed E-state index contributed by atoms with van der Waals surface area (Å²) in [4.78, 5) is 11.2. The quantitative estimate of drug-likeness (QED) is 0.888. The van der Waals surface area contributed by atoms with Gasteiger partial charge in [-0.3, -0.25) is 4.79 Å². The fourth-order valence-corrected chi connectivity index (χ4v) is 2.65. The highest BCUT2D eigenvalue weighted by atomic mass is 35.5. The van der Waals surface area contributed by atoms with Crippen LogP contribution in [0.15, 0.2) is 48.5 Å². The summed E-state index contributed by atoms with van der Waals surface area (Å²) in [5.41, 5.74) is 3.47. The molecule has 1 amide bonds. The van der Waals surface area contributed by atoms with Gasteiger partial charge in [0, 0.05) is 23.9 Å². The number of halogens is 1. The normalized spacial score (nSPS) is 18.4. The zero-order chi connectivity index (χ0) is 13.2. The Bertz CT molecular complexity index is 606. The number of rotatable bonds is 2. The first-order valence-corrected chi connectivity index (χ1v) is 6.73. The van der Waals surface area contributed by atoms with Gasteiger partial charge in [0.2, 0.25) is 5.91 Å². The third kappa shape index (κ3) is 2.64. The van der Waals surface area contributed by atoms with Crippen LogP contribution in [-0.4, -0.2) is 12.5 Å². The first-order chi connectivity index (χ1) is 9.22. The van der Waals surface area contributed by atoms with Crippen LogP contribution in [0.3, 0.4) is 0 Å². The SMILES string of the molecule is O=C1CC(c2ccc(-c3cccc(Cl)c3)cc2)CN1. The van der Waals surface area contributed by atoms with Gasteiger partial charge in [0.05, 0.1) is 0 Å². The molecule has 1 aliphatic rings. The number of carbonyl (C=O) groups is 1. The highest BCUT2D eigenvalue weighted by Crippen LogP contribution is 2.27. The zero-order valence-corrected chi connectivity index (χ0v) is 11.2. The van der Waals surface area contributed by atoms with E-state index < -0.39 is 0 Å². The van der Waals surface area contributed by atoms with Crippen molar-refractivity contribution in [1.29, 1.82) is 0 Å². The van der Waals surface area contributed by atoms with Crippen molar-refractivity contribution < 1.29 is 4.79 Å². The van der Waals surface area contributed by atoms with Gasteiger partial charge in [0.15, 0.2) is 0 Å². The molecule has 3 rings (SSSR count). The van der Waals surface area contributed by atoms with Crippen LogP contribution in [0.25, 0.3) is 11.1 Å². The summed E-state index contributed by atoms with van der Waals surface area (Å²) in [5, 5.41) is 3.61. The average Bonchev–Trinajstić information content (AvgIpc) is 2.86. The van der Waals surface area contributed by atoms with Gasteiger partial charge in [0.25, 0.3) is 0 Å². The molecule has 3 heteroatoms. The summed E-state index contributed by atoms with van der Waals surface area (Å²) in [6.45, 7) is 0.745. The van der Waals surface area contributed by atoms with Gasteiger partial charge in [-0.1, -0.05) is 48.0 Å². The minimum absolute atomic E-state index is 0.143. The molecule has 1 saturated heterocycles. The molecule has 1 atom stereocenters. The lowest BCUT2D eigenvalue weighted by molar-refractivity contribution is -0.119. The summed E-state index contributed by atoms with van der Waals surface area (Å²) in [5.74, 6) is 0.449. The van der Waals surface area contributed by atoms with E-state index in [1.165, 1.54) is 5.56 Å². The number of carbonyl (C=O) groups excluding carboxylic acids is 1. The summed E-state index contributed by atoms with van der Waals surface area (Å²) >= 11 is 6.00. The second-order valence-electron chi connectivity index (χ2n) is 4.84. The predicted molar refractivity (Wildman–Crippen MR) is 77.3 cm³/mol. The maximum Gasteiger partial charge on any atom is 0.220 e. The lowest BCUT2D eigenvalue weighted by atomic mass is 9.95. The maximum atomic E-state index is 11.2. The molecule has 2 aromatic carbocycles. The van der Waals surface area contributed by atoms with Gasteiger partial charge in [-0.05, 0) is 28.8 Å². The molecule has 2 nitrogen and oxygen atoms in total. The Kier molecular flexibility index (Phi) is 3.26. The molecule has 0 saturated carbocycles. The summed E-state index contributed by atoms with van der Waals surface area (Å²) in [7, 11) is 0. The van der Waals surface area contributed by atoms with Crippen LogP contribution in [0, 0.1) is 0 Å². The number of amides is 1. The number of benzene rings is 2. The zero-order valence-electron chi connectivity index (χ0n) is 10.4. The monoisotopic (exact) mass is 271 g/mol. The largest absolute Gasteiger partial charge is 0.355 e. The first kappa shape index (κ1) is 12.2. The third-order valence-corrected chi connectivity index (χ3v) is 3.75. The molecule has 2 aromatic rings. The van der Waals surface area contributed by atoms with Crippen molar-refractivity contribution in [3.63, 3.8) is 0 Å². The second-order valence-corrected chi connectivity index (χ2v) is 5.27. The van der Waals surface area contributed by atoms with E-state index in [-0.39, 0.29) is 5.91 Å². The Morgan fingerprint density at radius 1 is 1.05 bits per heavy atom. The standard InChI is InChI=1S/C16H14ClNO/c17-15-3-1-2-13(8-15)11-4-6-12(7-5-11)14-9-16(19)18-10-14/h1-8,14H,9-10H2,(H,18,19). The van der Waals surface area contributed by atoms with Crippen LogP contribution in [0.5, 0.6) is 0 Å². The van der Waals surface area contributed by atoms with Crippen molar-refractivity contribution in [1.82, 2.24) is 5.32 Å². The van der Waals surface area contributed by atoms with Crippen molar-refractivity contribution >= 4 is 17.5 Å². The Labute approximate surface area is 117 Å². The van der Waals surface area contributed by atoms with Gasteiger partial charge < -0.3 is 5.32 Å². The fourth-order valence-electron chi connectivity index (χ4n) is 2.46. The molecule has 19 heavy (non-hydrogen) atoms. The molecule has 1 unspecified atom stereocenters. The Balaban J connectivity index is 1.85. The molecule has 0 aliphatic carbocycles. The van der Waals surface area contributed by atoms with E-state index in [1.54, 1.807) is 0 Å². The van der Waals surface area contributed by atoms with E-state index >= 15 is 0 Å². The highest BCUT2D eigenvalue weighted by molar-refractivity contribution is 6.30. The van der Waals surface area contributed by atoms with Crippen LogP contribution in [0.4, 0.5) is 0 Å². The van der Waals surface area contributed by atoms with E-state index in [0.29, 0.717) is 12.3 Å². The van der Waals surface area contributed by atoms with Crippen molar-refractivity contribution in [2.24, 2.45) is 0 Å². The number of hydrogen-bond acceptors (Lipinski definition) is 1. The average molecular weight is 272 g/mol. The van der Waals surface area contributed by atoms with E-state index in [1.807, 2.05) is 24.3 Å². The minimum atomic E-state index is 0.143. The Morgan fingerprint density at radius 3 is 2.47 bits per heavy atom. The van der Waals surface area contributed by atoms with Crippen LogP contribution >= 0.6 is 11.6 Å². The van der Waals surface area contributed by atoms with Crippen LogP contribution in [0.1, 0.15) is 17.9 Å². The Morgan fingerprint density at radius 2 is 1.84 bits per heavy atom. The van der Waals surface area contributed by atoms with Gasteiger partial charge in [-0.2, -0.15) is 0 Å². The van der Waals surface area contributed by atoms with Gasteiger partial charge in [-0.25, -0.2) is 0 Å². The number of hydrogen-bond donors (Lipinski definition) is 1. The molecule has 0 radical (unpaired) electrons. The van der Waals surface area contributed by atoms with E-state index in [4.69, 9.17) is 11.6 Å². The molecule has 0 aromatic heterocycles. The van der Waals surface area contributed by atoms with Gasteiger partial charge in [-0.15, -0.1) is 0 Å². The van der Waals surface area contributed by atoms with Gasteiger partial charge >= 0.3 is 0 Å². The van der Waals surface area contributed by atoms with Crippen LogP contribution in [0.2, 0.25) is 5.02 Å². The van der Waals surface area contributed by atoms with Crippen molar-refractivity contribution in [3.8, 4) is 11.1 Å². The Hall–Kier alpha value is -1.80. The predicted octanol–water partition coefficient (Wildman–Crippen LogP) is 3.61. The lowest BCUT2D eigenvalue weighted by Crippen LogP contribution is -2.13. The summed E-state index contributed by atoms with van der Waals surface area (Å²) in [6.07, 6.45) is 0.594. The molecule has 96 valence electrons. The molecule has 1 aliphatic heterocycles. The van der Waals surface area contributed by atoms with Crippen molar-refractivity contribution in [2.75, 3.05) is 6.54 Å². The molecule has 0 spiro atoms. The molecule has 1 fully saturated rings. The highest BCUT2D eigenvalue weighted by Gasteiger charge is 2.22. The van der Waals surface area contributed by atoms with Gasteiger partial charge in [0.1, 0.15) is 0 Å². The second kappa shape index (κ2) is 5.06. The van der Waals surface area contributed by atoms with E-state index in [2.05, 4.69) is 29.6 Å².